The van der Waals surface area contributed by atoms with Gasteiger partial charge in [0.05, 0.1) is 22.3 Å². The van der Waals surface area contributed by atoms with Gasteiger partial charge in [-0.3, -0.25) is 24.0 Å². The molecule has 0 unspecified atom stereocenters. The molecule has 182 valence electrons. The Morgan fingerprint density at radius 3 is 2.60 bits per heavy atom. The molecule has 1 saturated carbocycles. The molecule has 2 aliphatic rings. The number of carbonyl (C=O) groups is 4. The van der Waals surface area contributed by atoms with Crippen molar-refractivity contribution in [3.05, 3.63) is 58.8 Å². The van der Waals surface area contributed by atoms with E-state index in [2.05, 4.69) is 10.1 Å². The first-order chi connectivity index (χ1) is 16.6. The van der Waals surface area contributed by atoms with Crippen molar-refractivity contribution in [1.29, 1.82) is 0 Å². The molecular weight excluding hydrogens is 481 g/mol. The predicted octanol–water partition coefficient (Wildman–Crippen LogP) is 2.29. The molecule has 1 aliphatic carbocycles. The molecule has 1 saturated heterocycles. The molecule has 2 aromatic heterocycles. The van der Waals surface area contributed by atoms with Crippen LogP contribution in [0.3, 0.4) is 0 Å². The number of primary amides is 1. The monoisotopic (exact) mass is 501 g/mol. The molecule has 0 radical (unpaired) electrons. The number of nitrogens with two attached hydrogens (primary N) is 1. The van der Waals surface area contributed by atoms with Gasteiger partial charge in [-0.2, -0.15) is 5.10 Å². The van der Waals surface area contributed by atoms with Gasteiger partial charge in [0, 0.05) is 24.5 Å². The minimum Gasteiger partial charge on any atom is -0.480 e. The van der Waals surface area contributed by atoms with Crippen molar-refractivity contribution in [3.63, 3.8) is 0 Å². The zero-order valence-electron chi connectivity index (χ0n) is 18.5. The Hall–Kier alpha value is -3.86. The van der Waals surface area contributed by atoms with Crippen LogP contribution < -0.4 is 5.73 Å². The van der Waals surface area contributed by atoms with Gasteiger partial charge in [0.15, 0.2) is 11.6 Å². The van der Waals surface area contributed by atoms with Gasteiger partial charge in [0.25, 0.3) is 5.91 Å². The zero-order chi connectivity index (χ0) is 25.4. The van der Waals surface area contributed by atoms with Crippen LogP contribution in [0.5, 0.6) is 0 Å². The molecular formula is C23H21ClFN5O5. The van der Waals surface area contributed by atoms with Crippen LogP contribution in [0.15, 0.2) is 36.7 Å². The van der Waals surface area contributed by atoms with E-state index in [1.165, 1.54) is 34.7 Å². The third-order valence-corrected chi connectivity index (χ3v) is 6.36. The number of nitrogens with zero attached hydrogens (tertiary/aromatic N) is 4. The van der Waals surface area contributed by atoms with Gasteiger partial charge in [-0.15, -0.1) is 0 Å². The fourth-order valence-corrected chi connectivity index (χ4v) is 4.52. The number of benzene rings is 1. The molecule has 3 N–H and O–H groups in total. The summed E-state index contributed by atoms with van der Waals surface area (Å²) in [5.41, 5.74) is 5.55. The molecule has 12 heteroatoms. The van der Waals surface area contributed by atoms with Gasteiger partial charge in [-0.05, 0) is 37.0 Å². The van der Waals surface area contributed by atoms with Crippen LogP contribution in [0.2, 0.25) is 5.02 Å². The Labute approximate surface area is 203 Å². The van der Waals surface area contributed by atoms with Crippen molar-refractivity contribution in [1.82, 2.24) is 19.7 Å². The van der Waals surface area contributed by atoms with E-state index in [1.54, 1.807) is 18.5 Å². The van der Waals surface area contributed by atoms with E-state index in [0.29, 0.717) is 28.9 Å². The molecule has 3 heterocycles. The summed E-state index contributed by atoms with van der Waals surface area (Å²) in [4.78, 5) is 51.8. The summed E-state index contributed by atoms with van der Waals surface area (Å²) in [7, 11) is 0. The van der Waals surface area contributed by atoms with Gasteiger partial charge in [0.1, 0.15) is 18.3 Å². The number of ketones is 1. The SMILES string of the molecule is CC(=O)c1nn(CC(=O)N2[C@@H]3C[C@@H]3C[C@H]2C(=O)O)c2cnccc12.NC(=O)c1cccc(Cl)c1F. The first kappa shape index (κ1) is 24.3. The number of aliphatic carboxylic acids is 1. The summed E-state index contributed by atoms with van der Waals surface area (Å²) in [5.74, 6) is -2.71. The van der Waals surface area contributed by atoms with Gasteiger partial charge in [-0.25, -0.2) is 9.18 Å². The lowest BCUT2D eigenvalue weighted by Gasteiger charge is -2.24. The molecule has 3 atom stereocenters. The second-order valence-corrected chi connectivity index (χ2v) is 8.78. The van der Waals surface area contributed by atoms with Gasteiger partial charge < -0.3 is 15.7 Å². The molecule has 10 nitrogen and oxygen atoms in total. The second-order valence-electron chi connectivity index (χ2n) is 8.37. The minimum absolute atomic E-state index is 0.0332. The lowest BCUT2D eigenvalue weighted by molar-refractivity contribution is -0.149. The predicted molar refractivity (Wildman–Crippen MR) is 122 cm³/mol. The molecule has 5 rings (SSSR count). The van der Waals surface area contributed by atoms with E-state index in [4.69, 9.17) is 17.3 Å². The number of Topliss-reactive ketones (excluding diaryl/α,β-unsaturated/α-hetero) is 1. The topological polar surface area (TPSA) is 148 Å². The van der Waals surface area contributed by atoms with Crippen LogP contribution in [-0.2, 0) is 16.1 Å². The molecule has 2 amide bonds. The molecule has 1 aliphatic heterocycles. The Bertz CT molecular complexity index is 1360. The second kappa shape index (κ2) is 9.41. The van der Waals surface area contributed by atoms with E-state index in [9.17, 15) is 28.7 Å². The number of carboxylic acids is 1. The Morgan fingerprint density at radius 2 is 1.97 bits per heavy atom. The maximum absolute atomic E-state index is 12.8. The first-order valence-corrected chi connectivity index (χ1v) is 11.1. The van der Waals surface area contributed by atoms with E-state index < -0.39 is 23.7 Å². The van der Waals surface area contributed by atoms with Crippen LogP contribution >= 0.6 is 11.6 Å². The standard InChI is InChI=1S/C16H16N4O4.C7H5ClFNO/c1-8(21)15-10-2-3-17-6-13(10)19(18-15)7-14(22)20-11-4-9(11)5-12(20)16(23)24;8-5-3-1-2-4(6(5)9)7(10)11/h2-3,6,9,11-12H,4-5,7H2,1H3,(H,23,24);1-3H,(H2,10,11)/t9-,11-,12+;/m1./s1. The number of piperidine rings is 1. The highest BCUT2D eigenvalue weighted by molar-refractivity contribution is 6.31. The number of halogens is 2. The molecule has 3 aromatic rings. The zero-order valence-corrected chi connectivity index (χ0v) is 19.3. The summed E-state index contributed by atoms with van der Waals surface area (Å²) < 4.78 is 14.3. The number of amides is 2. The van der Waals surface area contributed by atoms with E-state index in [0.717, 1.165) is 6.42 Å². The fraction of sp³-hybridized carbons (Fsp3) is 0.304. The van der Waals surface area contributed by atoms with Gasteiger partial charge >= 0.3 is 5.97 Å². The van der Waals surface area contributed by atoms with Crippen LogP contribution in [0.4, 0.5) is 4.39 Å². The largest absolute Gasteiger partial charge is 0.480 e. The summed E-state index contributed by atoms with van der Waals surface area (Å²) in [6.45, 7) is 1.33. The molecule has 0 bridgehead atoms. The Morgan fingerprint density at radius 1 is 1.23 bits per heavy atom. The summed E-state index contributed by atoms with van der Waals surface area (Å²) >= 11 is 5.38. The summed E-state index contributed by atoms with van der Waals surface area (Å²) in [6.07, 6.45) is 4.51. The van der Waals surface area contributed by atoms with Gasteiger partial charge in [0.2, 0.25) is 5.91 Å². The number of carbonyl (C=O) groups excluding carboxylic acids is 3. The number of likely N-dealkylation sites (tertiary alicyclic amines) is 1. The third-order valence-electron chi connectivity index (χ3n) is 6.07. The highest BCUT2D eigenvalue weighted by atomic mass is 35.5. The van der Waals surface area contributed by atoms with E-state index in [-0.39, 0.29) is 34.9 Å². The summed E-state index contributed by atoms with van der Waals surface area (Å²) in [5, 5.41) is 14.1. The first-order valence-electron chi connectivity index (χ1n) is 10.7. The fourth-order valence-electron chi connectivity index (χ4n) is 4.34. The highest BCUT2D eigenvalue weighted by Gasteiger charge is 2.56. The molecule has 0 spiro atoms. The van der Waals surface area contributed by atoms with Crippen molar-refractivity contribution in [3.8, 4) is 0 Å². The Kier molecular flexibility index (Phi) is 6.53. The van der Waals surface area contributed by atoms with Crippen molar-refractivity contribution >= 4 is 46.1 Å². The van der Waals surface area contributed by atoms with Crippen molar-refractivity contribution < 1.29 is 28.7 Å². The Balaban J connectivity index is 0.000000221. The van der Waals surface area contributed by atoms with Crippen LogP contribution in [0, 0.1) is 11.7 Å². The number of hydrogen-bond donors (Lipinski definition) is 2. The third kappa shape index (κ3) is 4.72. The maximum atomic E-state index is 12.8. The summed E-state index contributed by atoms with van der Waals surface area (Å²) in [6, 6.07) is 5.06. The number of fused-ring (bicyclic) bond motifs is 2. The number of aromatic nitrogens is 3. The van der Waals surface area contributed by atoms with Crippen molar-refractivity contribution in [2.75, 3.05) is 0 Å². The minimum atomic E-state index is -0.966. The number of carboxylic acid groups (broad SMARTS) is 1. The normalized spacial score (nSPS) is 20.1. The lowest BCUT2D eigenvalue weighted by atomic mass is 10.1. The maximum Gasteiger partial charge on any atom is 0.326 e. The number of rotatable bonds is 5. The molecule has 1 aromatic carbocycles. The van der Waals surface area contributed by atoms with Crippen LogP contribution in [0.1, 0.15) is 40.6 Å². The quantitative estimate of drug-likeness (QED) is 0.509. The molecule has 35 heavy (non-hydrogen) atoms. The van der Waals surface area contributed by atoms with Gasteiger partial charge in [-0.1, -0.05) is 17.7 Å². The molecule has 2 fully saturated rings. The lowest BCUT2D eigenvalue weighted by Crippen LogP contribution is -2.44. The highest BCUT2D eigenvalue weighted by Crippen LogP contribution is 2.48. The number of pyridine rings is 1. The average Bonchev–Trinajstić information content (AvgIpc) is 3.31. The van der Waals surface area contributed by atoms with Crippen molar-refractivity contribution in [2.45, 2.75) is 38.4 Å². The smallest absolute Gasteiger partial charge is 0.326 e. The van der Waals surface area contributed by atoms with E-state index in [1.807, 2.05) is 0 Å². The van der Waals surface area contributed by atoms with E-state index >= 15 is 0 Å². The van der Waals surface area contributed by atoms with Crippen molar-refractivity contribution in [2.24, 2.45) is 11.7 Å². The van der Waals surface area contributed by atoms with Crippen LogP contribution in [-0.4, -0.2) is 60.4 Å². The average molecular weight is 502 g/mol. The number of hydrogen-bond acceptors (Lipinski definition) is 6. The van der Waals surface area contributed by atoms with Crippen LogP contribution in [0.25, 0.3) is 10.9 Å².